The molecule has 0 heterocycles. The van der Waals surface area contributed by atoms with Crippen molar-refractivity contribution in [3.05, 3.63) is 28.2 Å². The highest BCUT2D eigenvalue weighted by molar-refractivity contribution is 9.10. The van der Waals surface area contributed by atoms with Gasteiger partial charge in [0, 0.05) is 10.2 Å². The predicted octanol–water partition coefficient (Wildman–Crippen LogP) is 3.59. The molecule has 2 N–H and O–H groups in total. The Hall–Kier alpha value is -1.36. The molecule has 1 aromatic rings. The summed E-state index contributed by atoms with van der Waals surface area (Å²) in [4.78, 5) is 23.6. The molecule has 0 saturated heterocycles. The Kier molecular flexibility index (Phi) is 4.81. The number of anilines is 1. The second-order valence-corrected chi connectivity index (χ2v) is 6.26. The summed E-state index contributed by atoms with van der Waals surface area (Å²) in [6, 6.07) is 5.65. The van der Waals surface area contributed by atoms with Crippen LogP contribution in [0.3, 0.4) is 0 Å². The standard InChI is InChI=1S/C15H18BrNO3/c1-9-6-10(16)8-11(7-9)17-14(18)12-4-2-3-5-13(12)15(19)20/h6-8,12-13H,2-5H2,1H3,(H,17,18)(H,19,20). The van der Waals surface area contributed by atoms with Gasteiger partial charge in [0.1, 0.15) is 0 Å². The molecule has 20 heavy (non-hydrogen) atoms. The van der Waals surface area contributed by atoms with Crippen LogP contribution < -0.4 is 5.32 Å². The van der Waals surface area contributed by atoms with Gasteiger partial charge in [0.25, 0.3) is 0 Å². The van der Waals surface area contributed by atoms with Crippen LogP contribution in [-0.4, -0.2) is 17.0 Å². The first-order valence-corrected chi connectivity index (χ1v) is 7.57. The molecule has 1 saturated carbocycles. The van der Waals surface area contributed by atoms with Gasteiger partial charge in [-0.3, -0.25) is 9.59 Å². The minimum absolute atomic E-state index is 0.186. The van der Waals surface area contributed by atoms with E-state index in [0.29, 0.717) is 18.5 Å². The Balaban J connectivity index is 2.11. The molecule has 0 aromatic heterocycles. The van der Waals surface area contributed by atoms with Gasteiger partial charge in [-0.15, -0.1) is 0 Å². The number of rotatable bonds is 3. The van der Waals surface area contributed by atoms with Crippen molar-refractivity contribution in [2.45, 2.75) is 32.6 Å². The third kappa shape index (κ3) is 3.60. The molecule has 2 rings (SSSR count). The van der Waals surface area contributed by atoms with Crippen molar-refractivity contribution in [2.24, 2.45) is 11.8 Å². The number of halogens is 1. The third-order valence-electron chi connectivity index (χ3n) is 3.73. The highest BCUT2D eigenvalue weighted by Crippen LogP contribution is 2.31. The number of nitrogens with one attached hydrogen (secondary N) is 1. The van der Waals surface area contributed by atoms with Gasteiger partial charge in [-0.2, -0.15) is 0 Å². The number of hydrogen-bond acceptors (Lipinski definition) is 2. The fourth-order valence-electron chi connectivity index (χ4n) is 2.78. The van der Waals surface area contributed by atoms with E-state index in [1.807, 2.05) is 25.1 Å². The predicted molar refractivity (Wildman–Crippen MR) is 80.6 cm³/mol. The lowest BCUT2D eigenvalue weighted by Crippen LogP contribution is -2.36. The molecular weight excluding hydrogens is 322 g/mol. The normalized spacial score (nSPS) is 22.3. The first kappa shape index (κ1) is 15.0. The van der Waals surface area contributed by atoms with Crippen molar-refractivity contribution < 1.29 is 14.7 Å². The van der Waals surface area contributed by atoms with E-state index >= 15 is 0 Å². The third-order valence-corrected chi connectivity index (χ3v) is 4.19. The summed E-state index contributed by atoms with van der Waals surface area (Å²) < 4.78 is 0.895. The van der Waals surface area contributed by atoms with E-state index in [0.717, 1.165) is 22.9 Å². The molecule has 1 amide bonds. The van der Waals surface area contributed by atoms with Crippen LogP contribution >= 0.6 is 15.9 Å². The van der Waals surface area contributed by atoms with E-state index in [4.69, 9.17) is 0 Å². The number of hydrogen-bond donors (Lipinski definition) is 2. The zero-order chi connectivity index (χ0) is 14.7. The van der Waals surface area contributed by atoms with Gasteiger partial charge >= 0.3 is 5.97 Å². The first-order valence-electron chi connectivity index (χ1n) is 6.78. The fraction of sp³-hybridized carbons (Fsp3) is 0.467. The molecule has 2 unspecified atom stereocenters. The SMILES string of the molecule is Cc1cc(Br)cc(NC(=O)C2CCCCC2C(=O)O)c1. The van der Waals surface area contributed by atoms with Crippen LogP contribution in [0.2, 0.25) is 0 Å². The summed E-state index contributed by atoms with van der Waals surface area (Å²) in [5, 5.41) is 12.1. The minimum atomic E-state index is -0.865. The zero-order valence-corrected chi connectivity index (χ0v) is 12.9. The quantitative estimate of drug-likeness (QED) is 0.884. The molecule has 4 nitrogen and oxygen atoms in total. The number of aryl methyl sites for hydroxylation is 1. The van der Waals surface area contributed by atoms with Gasteiger partial charge in [-0.1, -0.05) is 28.8 Å². The summed E-state index contributed by atoms with van der Waals surface area (Å²) in [6.07, 6.45) is 3.04. The molecule has 5 heteroatoms. The lowest BCUT2D eigenvalue weighted by molar-refractivity contribution is -0.147. The van der Waals surface area contributed by atoms with E-state index in [-0.39, 0.29) is 5.91 Å². The van der Waals surface area contributed by atoms with Crippen molar-refractivity contribution in [1.29, 1.82) is 0 Å². The summed E-state index contributed by atoms with van der Waals surface area (Å²) in [6.45, 7) is 1.95. The highest BCUT2D eigenvalue weighted by atomic mass is 79.9. The van der Waals surface area contributed by atoms with E-state index < -0.39 is 17.8 Å². The molecule has 1 fully saturated rings. The molecule has 2 atom stereocenters. The maximum Gasteiger partial charge on any atom is 0.307 e. The maximum absolute atomic E-state index is 12.3. The Bertz CT molecular complexity index is 510. The number of aliphatic carboxylic acids is 1. The number of carboxylic acid groups (broad SMARTS) is 1. The minimum Gasteiger partial charge on any atom is -0.481 e. The Morgan fingerprint density at radius 3 is 2.45 bits per heavy atom. The van der Waals surface area contributed by atoms with Gasteiger partial charge in [0.2, 0.25) is 5.91 Å². The number of carbonyl (C=O) groups excluding carboxylic acids is 1. The second-order valence-electron chi connectivity index (χ2n) is 5.34. The maximum atomic E-state index is 12.3. The molecule has 0 aliphatic heterocycles. The summed E-state index contributed by atoms with van der Waals surface area (Å²) in [5.41, 5.74) is 1.74. The van der Waals surface area contributed by atoms with Crippen molar-refractivity contribution in [2.75, 3.05) is 5.32 Å². The molecule has 0 spiro atoms. The van der Waals surface area contributed by atoms with Gasteiger partial charge < -0.3 is 10.4 Å². The van der Waals surface area contributed by atoms with E-state index in [1.54, 1.807) is 0 Å². The monoisotopic (exact) mass is 339 g/mol. The number of benzene rings is 1. The van der Waals surface area contributed by atoms with Crippen LogP contribution in [0.1, 0.15) is 31.2 Å². The highest BCUT2D eigenvalue weighted by Gasteiger charge is 2.35. The largest absolute Gasteiger partial charge is 0.481 e. The van der Waals surface area contributed by atoms with Gasteiger partial charge in [-0.25, -0.2) is 0 Å². The molecule has 0 radical (unpaired) electrons. The van der Waals surface area contributed by atoms with Crippen LogP contribution in [0.5, 0.6) is 0 Å². The lowest BCUT2D eigenvalue weighted by atomic mass is 9.78. The average Bonchev–Trinajstić information content (AvgIpc) is 2.37. The summed E-state index contributed by atoms with van der Waals surface area (Å²) in [7, 11) is 0. The second kappa shape index (κ2) is 6.39. The van der Waals surface area contributed by atoms with Crippen molar-refractivity contribution in [1.82, 2.24) is 0 Å². The number of carboxylic acids is 1. The Morgan fingerprint density at radius 2 is 1.85 bits per heavy atom. The van der Waals surface area contributed by atoms with Crippen molar-refractivity contribution >= 4 is 33.5 Å². The van der Waals surface area contributed by atoms with Crippen LogP contribution in [0.4, 0.5) is 5.69 Å². The number of amides is 1. The smallest absolute Gasteiger partial charge is 0.307 e. The average molecular weight is 340 g/mol. The summed E-state index contributed by atoms with van der Waals surface area (Å²) >= 11 is 3.39. The Morgan fingerprint density at radius 1 is 1.20 bits per heavy atom. The first-order chi connectivity index (χ1) is 9.47. The van der Waals surface area contributed by atoms with E-state index in [2.05, 4.69) is 21.2 Å². The summed E-state index contributed by atoms with van der Waals surface area (Å²) in [5.74, 6) is -2.04. The van der Waals surface area contributed by atoms with Gasteiger partial charge in [-0.05, 0) is 43.5 Å². The van der Waals surface area contributed by atoms with Crippen LogP contribution in [0.25, 0.3) is 0 Å². The lowest BCUT2D eigenvalue weighted by Gasteiger charge is -2.27. The Labute approximate surface area is 126 Å². The van der Waals surface area contributed by atoms with Crippen LogP contribution in [0.15, 0.2) is 22.7 Å². The van der Waals surface area contributed by atoms with Crippen molar-refractivity contribution in [3.63, 3.8) is 0 Å². The zero-order valence-electron chi connectivity index (χ0n) is 11.4. The van der Waals surface area contributed by atoms with Crippen molar-refractivity contribution in [3.8, 4) is 0 Å². The molecule has 108 valence electrons. The van der Waals surface area contributed by atoms with E-state index in [1.165, 1.54) is 0 Å². The molecular formula is C15H18BrNO3. The molecule has 1 aromatic carbocycles. The van der Waals surface area contributed by atoms with Gasteiger partial charge in [0.15, 0.2) is 0 Å². The van der Waals surface area contributed by atoms with Crippen LogP contribution in [0, 0.1) is 18.8 Å². The fourth-order valence-corrected chi connectivity index (χ4v) is 3.39. The molecule has 1 aliphatic rings. The topological polar surface area (TPSA) is 66.4 Å². The van der Waals surface area contributed by atoms with Gasteiger partial charge in [0.05, 0.1) is 11.8 Å². The molecule has 1 aliphatic carbocycles. The number of carbonyl (C=O) groups is 2. The molecule has 0 bridgehead atoms. The van der Waals surface area contributed by atoms with Crippen LogP contribution in [-0.2, 0) is 9.59 Å². The van der Waals surface area contributed by atoms with E-state index in [9.17, 15) is 14.7 Å².